The number of carboxylic acid groups (broad SMARTS) is 1. The second kappa shape index (κ2) is 5.54. The monoisotopic (exact) mass is 334 g/mol. The zero-order chi connectivity index (χ0) is 14.9. The number of hydrogen-bond acceptors (Lipinski definition) is 3. The summed E-state index contributed by atoms with van der Waals surface area (Å²) in [5.41, 5.74) is 9.62. The van der Waals surface area contributed by atoms with E-state index in [0.717, 1.165) is 21.3 Å². The van der Waals surface area contributed by atoms with Gasteiger partial charge in [0, 0.05) is 15.8 Å². The van der Waals surface area contributed by atoms with Crippen LogP contribution in [-0.4, -0.2) is 11.1 Å². The number of carboxylic acids is 1. The number of hydrogen-bond donors (Lipinski definition) is 3. The molecule has 4 N–H and O–H groups in total. The Balaban J connectivity index is 2.41. The van der Waals surface area contributed by atoms with E-state index in [1.165, 1.54) is 6.07 Å². The van der Waals surface area contributed by atoms with Crippen LogP contribution in [0.2, 0.25) is 0 Å². The first-order valence-electron chi connectivity index (χ1n) is 6.05. The Kier molecular flexibility index (Phi) is 3.99. The van der Waals surface area contributed by atoms with Crippen LogP contribution in [0, 0.1) is 13.8 Å². The fourth-order valence-corrected chi connectivity index (χ4v) is 2.52. The summed E-state index contributed by atoms with van der Waals surface area (Å²) in [5.74, 6) is -1.03. The van der Waals surface area contributed by atoms with Gasteiger partial charge in [-0.05, 0) is 65.2 Å². The van der Waals surface area contributed by atoms with Crippen LogP contribution in [0.4, 0.5) is 17.1 Å². The minimum Gasteiger partial charge on any atom is -0.478 e. The third-order valence-corrected chi connectivity index (χ3v) is 3.68. The van der Waals surface area contributed by atoms with Gasteiger partial charge in [0.1, 0.15) is 0 Å². The maximum atomic E-state index is 11.2. The van der Waals surface area contributed by atoms with E-state index >= 15 is 0 Å². The standard InChI is InChI=1S/C15H15BrN2O2/c1-8-3-4-13(12(16)5-8)18-10-6-9(2)14(17)11(7-10)15(19)20/h3-7,18H,17H2,1-2H3,(H,19,20). The van der Waals surface area contributed by atoms with Gasteiger partial charge >= 0.3 is 5.97 Å². The number of nitrogens with two attached hydrogens (primary N) is 1. The highest BCUT2D eigenvalue weighted by molar-refractivity contribution is 9.10. The molecule has 2 aromatic carbocycles. The second-order valence-electron chi connectivity index (χ2n) is 4.67. The molecule has 0 saturated heterocycles. The van der Waals surface area contributed by atoms with Crippen LogP contribution in [0.25, 0.3) is 0 Å². The number of carbonyl (C=O) groups is 1. The lowest BCUT2D eigenvalue weighted by atomic mass is 10.1. The number of anilines is 3. The van der Waals surface area contributed by atoms with Gasteiger partial charge in [0.15, 0.2) is 0 Å². The van der Waals surface area contributed by atoms with Crippen LogP contribution in [0.5, 0.6) is 0 Å². The van der Waals surface area contributed by atoms with Crippen LogP contribution in [-0.2, 0) is 0 Å². The van der Waals surface area contributed by atoms with Gasteiger partial charge in [0.05, 0.1) is 11.3 Å². The van der Waals surface area contributed by atoms with Crippen molar-refractivity contribution in [1.29, 1.82) is 0 Å². The molecule has 0 aromatic heterocycles. The van der Waals surface area contributed by atoms with Crippen LogP contribution in [0.1, 0.15) is 21.5 Å². The number of benzene rings is 2. The van der Waals surface area contributed by atoms with Crippen molar-refractivity contribution in [3.8, 4) is 0 Å². The van der Waals surface area contributed by atoms with Crippen LogP contribution < -0.4 is 11.1 Å². The molecule has 2 rings (SSSR count). The molecule has 0 aliphatic rings. The number of aromatic carboxylic acids is 1. The molecule has 0 amide bonds. The van der Waals surface area contributed by atoms with Crippen molar-refractivity contribution in [2.24, 2.45) is 0 Å². The predicted octanol–water partition coefficient (Wildman–Crippen LogP) is 4.09. The molecule has 0 bridgehead atoms. The molecule has 5 heteroatoms. The van der Waals surface area contributed by atoms with Gasteiger partial charge in [-0.25, -0.2) is 4.79 Å². The molecule has 0 saturated carbocycles. The third-order valence-electron chi connectivity index (χ3n) is 3.02. The van der Waals surface area contributed by atoms with E-state index in [1.54, 1.807) is 6.92 Å². The second-order valence-corrected chi connectivity index (χ2v) is 5.52. The molecule has 0 atom stereocenters. The number of rotatable bonds is 3. The highest BCUT2D eigenvalue weighted by Crippen LogP contribution is 2.29. The zero-order valence-electron chi connectivity index (χ0n) is 11.2. The van der Waals surface area contributed by atoms with Gasteiger partial charge in [0.2, 0.25) is 0 Å². The molecular formula is C15H15BrN2O2. The first-order valence-corrected chi connectivity index (χ1v) is 6.84. The van der Waals surface area contributed by atoms with Gasteiger partial charge in [-0.15, -0.1) is 0 Å². The predicted molar refractivity (Wildman–Crippen MR) is 84.7 cm³/mol. The van der Waals surface area contributed by atoms with E-state index in [0.29, 0.717) is 11.4 Å². The Hall–Kier alpha value is -2.01. The molecule has 0 heterocycles. The van der Waals surface area contributed by atoms with Crippen molar-refractivity contribution in [2.75, 3.05) is 11.1 Å². The minimum atomic E-state index is -1.03. The Bertz CT molecular complexity index is 684. The van der Waals surface area contributed by atoms with Crippen molar-refractivity contribution >= 4 is 39.0 Å². The molecule has 0 aliphatic heterocycles. The fourth-order valence-electron chi connectivity index (χ4n) is 1.92. The highest BCUT2D eigenvalue weighted by atomic mass is 79.9. The van der Waals surface area contributed by atoms with Crippen LogP contribution in [0.15, 0.2) is 34.8 Å². The molecule has 0 fully saturated rings. The lowest BCUT2D eigenvalue weighted by Gasteiger charge is -2.13. The van der Waals surface area contributed by atoms with Crippen molar-refractivity contribution in [3.63, 3.8) is 0 Å². The topological polar surface area (TPSA) is 75.3 Å². The summed E-state index contributed by atoms with van der Waals surface area (Å²) in [6.07, 6.45) is 0. The lowest BCUT2D eigenvalue weighted by molar-refractivity contribution is 0.0698. The first-order chi connectivity index (χ1) is 9.38. The van der Waals surface area contributed by atoms with E-state index < -0.39 is 5.97 Å². The van der Waals surface area contributed by atoms with E-state index in [2.05, 4.69) is 21.2 Å². The van der Waals surface area contributed by atoms with Crippen molar-refractivity contribution < 1.29 is 9.90 Å². The summed E-state index contributed by atoms with van der Waals surface area (Å²) in [6, 6.07) is 9.27. The molecule has 20 heavy (non-hydrogen) atoms. The van der Waals surface area contributed by atoms with Crippen molar-refractivity contribution in [1.82, 2.24) is 0 Å². The molecule has 104 valence electrons. The number of nitrogens with one attached hydrogen (secondary N) is 1. The van der Waals surface area contributed by atoms with Gasteiger partial charge in [-0.1, -0.05) is 6.07 Å². The molecule has 0 unspecified atom stereocenters. The van der Waals surface area contributed by atoms with Gasteiger partial charge in [0.25, 0.3) is 0 Å². The Morgan fingerprint density at radius 2 is 1.95 bits per heavy atom. The maximum absolute atomic E-state index is 11.2. The first kappa shape index (κ1) is 14.4. The number of nitrogen functional groups attached to an aromatic ring is 1. The average molecular weight is 335 g/mol. The van der Waals surface area contributed by atoms with Gasteiger partial charge in [-0.3, -0.25) is 0 Å². The van der Waals surface area contributed by atoms with E-state index in [4.69, 9.17) is 10.8 Å². The summed E-state index contributed by atoms with van der Waals surface area (Å²) < 4.78 is 0.920. The minimum absolute atomic E-state index is 0.107. The van der Waals surface area contributed by atoms with Crippen LogP contribution in [0.3, 0.4) is 0 Å². The molecule has 0 radical (unpaired) electrons. The van der Waals surface area contributed by atoms with Crippen molar-refractivity contribution in [3.05, 3.63) is 51.5 Å². The van der Waals surface area contributed by atoms with Crippen molar-refractivity contribution in [2.45, 2.75) is 13.8 Å². The fraction of sp³-hybridized carbons (Fsp3) is 0.133. The normalized spacial score (nSPS) is 10.3. The summed E-state index contributed by atoms with van der Waals surface area (Å²) in [4.78, 5) is 11.2. The Labute approximate surface area is 125 Å². The smallest absolute Gasteiger partial charge is 0.337 e. The Morgan fingerprint density at radius 3 is 2.55 bits per heavy atom. The number of halogens is 1. The average Bonchev–Trinajstić information content (AvgIpc) is 2.36. The summed E-state index contributed by atoms with van der Waals surface area (Å²) in [5, 5.41) is 12.4. The van der Waals surface area contributed by atoms with Gasteiger partial charge in [-0.2, -0.15) is 0 Å². The highest BCUT2D eigenvalue weighted by Gasteiger charge is 2.12. The van der Waals surface area contributed by atoms with E-state index in [-0.39, 0.29) is 5.56 Å². The quantitative estimate of drug-likeness (QED) is 0.739. The lowest BCUT2D eigenvalue weighted by Crippen LogP contribution is -2.05. The largest absolute Gasteiger partial charge is 0.478 e. The van der Waals surface area contributed by atoms with Crippen LogP contribution >= 0.6 is 15.9 Å². The number of aryl methyl sites for hydroxylation is 2. The molecule has 2 aromatic rings. The van der Waals surface area contributed by atoms with E-state index in [9.17, 15) is 4.79 Å². The summed E-state index contributed by atoms with van der Waals surface area (Å²) in [6.45, 7) is 3.79. The molecule has 0 aliphatic carbocycles. The Morgan fingerprint density at radius 1 is 1.25 bits per heavy atom. The SMILES string of the molecule is Cc1ccc(Nc2cc(C)c(N)c(C(=O)O)c2)c(Br)c1. The van der Waals surface area contributed by atoms with Gasteiger partial charge < -0.3 is 16.2 Å². The molecule has 0 spiro atoms. The zero-order valence-corrected chi connectivity index (χ0v) is 12.8. The third kappa shape index (κ3) is 2.93. The summed E-state index contributed by atoms with van der Waals surface area (Å²) >= 11 is 3.48. The molecule has 4 nitrogen and oxygen atoms in total. The summed E-state index contributed by atoms with van der Waals surface area (Å²) in [7, 11) is 0. The van der Waals surface area contributed by atoms with E-state index in [1.807, 2.05) is 31.2 Å². The molecular weight excluding hydrogens is 320 g/mol. The maximum Gasteiger partial charge on any atom is 0.337 e.